The number of benzene rings is 1. The molecule has 1 saturated heterocycles. The zero-order valence-corrected chi connectivity index (χ0v) is 17.1. The van der Waals surface area contributed by atoms with Crippen molar-refractivity contribution >= 4 is 22.8 Å². The molecule has 1 aromatic carbocycles. The smallest absolute Gasteiger partial charge is 0.248 e. The molecule has 4 rings (SSSR count). The number of amides is 1. The van der Waals surface area contributed by atoms with E-state index < -0.39 is 0 Å². The first-order chi connectivity index (χ1) is 14.1. The molecule has 2 aromatic heterocycles. The van der Waals surface area contributed by atoms with E-state index in [1.807, 2.05) is 34.8 Å². The number of aromatic nitrogens is 4. The highest BCUT2D eigenvalue weighted by atomic mass is 16.5. The van der Waals surface area contributed by atoms with Crippen molar-refractivity contribution < 1.29 is 9.53 Å². The number of hydrogen-bond acceptors (Lipinski definition) is 6. The molecule has 0 radical (unpaired) electrons. The number of rotatable bonds is 4. The van der Waals surface area contributed by atoms with Crippen molar-refractivity contribution in [1.29, 1.82) is 0 Å². The fraction of sp³-hybridized carbons (Fsp3) is 0.429. The van der Waals surface area contributed by atoms with Gasteiger partial charge in [-0.15, -0.1) is 0 Å². The Bertz CT molecular complexity index is 1010. The van der Waals surface area contributed by atoms with E-state index in [0.29, 0.717) is 12.4 Å². The summed E-state index contributed by atoms with van der Waals surface area (Å²) in [5.74, 6) is 1.62. The van der Waals surface area contributed by atoms with Crippen LogP contribution >= 0.6 is 0 Å². The molecule has 1 aliphatic heterocycles. The number of anilines is 1. The second-order valence-corrected chi connectivity index (χ2v) is 7.38. The first kappa shape index (κ1) is 19.3. The molecule has 0 saturated carbocycles. The molecule has 0 bridgehead atoms. The van der Waals surface area contributed by atoms with Crippen LogP contribution in [0.2, 0.25) is 0 Å². The van der Waals surface area contributed by atoms with E-state index in [-0.39, 0.29) is 12.5 Å². The Labute approximate surface area is 170 Å². The van der Waals surface area contributed by atoms with Gasteiger partial charge in [-0.25, -0.2) is 14.6 Å². The molecule has 1 aliphatic rings. The summed E-state index contributed by atoms with van der Waals surface area (Å²) in [5, 5.41) is 5.51. The Morgan fingerprint density at radius 1 is 1.07 bits per heavy atom. The van der Waals surface area contributed by atoms with Gasteiger partial charge in [0.1, 0.15) is 18.2 Å². The molecular formula is C21H26N6O2. The van der Waals surface area contributed by atoms with Gasteiger partial charge in [-0.2, -0.15) is 5.10 Å². The molecule has 0 spiro atoms. The maximum Gasteiger partial charge on any atom is 0.248 e. The zero-order chi connectivity index (χ0) is 20.4. The number of hydrogen-bond donors (Lipinski definition) is 0. The molecule has 0 atom stereocenters. The lowest BCUT2D eigenvalue weighted by Gasteiger charge is -2.23. The molecule has 8 heteroatoms. The summed E-state index contributed by atoms with van der Waals surface area (Å²) in [5.41, 5.74) is 2.98. The van der Waals surface area contributed by atoms with Crippen molar-refractivity contribution in [3.63, 3.8) is 0 Å². The normalized spacial score (nSPS) is 15.0. The second-order valence-electron chi connectivity index (χ2n) is 7.38. The third-order valence-electron chi connectivity index (χ3n) is 5.21. The van der Waals surface area contributed by atoms with Gasteiger partial charge in [0.05, 0.1) is 17.3 Å². The maximum atomic E-state index is 12.2. The van der Waals surface area contributed by atoms with Crippen molar-refractivity contribution in [3.05, 3.63) is 41.9 Å². The van der Waals surface area contributed by atoms with Gasteiger partial charge in [0.25, 0.3) is 0 Å². The standard InChI is InChI=1S/C21H26N6O2/c1-15-5-7-17(8-6-15)27-21-18(13-22-27)20(23-16(2)24-21)26-10-4-9-25(11-12-26)19(28)14-29-3/h5-8,13H,4,9-12,14H2,1-3H3. The van der Waals surface area contributed by atoms with Gasteiger partial charge >= 0.3 is 0 Å². The topological polar surface area (TPSA) is 76.4 Å². The highest BCUT2D eigenvalue weighted by Gasteiger charge is 2.23. The first-order valence-corrected chi connectivity index (χ1v) is 9.88. The molecular weight excluding hydrogens is 368 g/mol. The quantitative estimate of drug-likeness (QED) is 0.675. The molecule has 8 nitrogen and oxygen atoms in total. The fourth-order valence-corrected chi connectivity index (χ4v) is 3.71. The number of nitrogens with zero attached hydrogens (tertiary/aromatic N) is 6. The van der Waals surface area contributed by atoms with Gasteiger partial charge in [0.2, 0.25) is 5.91 Å². The maximum absolute atomic E-state index is 12.2. The van der Waals surface area contributed by atoms with Crippen LogP contribution in [-0.4, -0.2) is 70.5 Å². The lowest BCUT2D eigenvalue weighted by atomic mass is 10.2. The Kier molecular flexibility index (Phi) is 5.44. The van der Waals surface area contributed by atoms with Crippen LogP contribution in [0, 0.1) is 13.8 Å². The second kappa shape index (κ2) is 8.16. The van der Waals surface area contributed by atoms with Gasteiger partial charge in [-0.1, -0.05) is 17.7 Å². The molecule has 29 heavy (non-hydrogen) atoms. The molecule has 0 aliphatic carbocycles. The predicted octanol–water partition coefficient (Wildman–Crippen LogP) is 2.12. The van der Waals surface area contributed by atoms with Crippen LogP contribution in [0.15, 0.2) is 30.5 Å². The monoisotopic (exact) mass is 394 g/mol. The van der Waals surface area contributed by atoms with E-state index in [1.165, 1.54) is 5.56 Å². The van der Waals surface area contributed by atoms with Gasteiger partial charge in [-0.3, -0.25) is 4.79 Å². The minimum atomic E-state index is 0.0329. The van der Waals surface area contributed by atoms with E-state index in [4.69, 9.17) is 9.72 Å². The Morgan fingerprint density at radius 2 is 1.86 bits per heavy atom. The zero-order valence-electron chi connectivity index (χ0n) is 17.1. The summed E-state index contributed by atoms with van der Waals surface area (Å²) in [6.45, 7) is 7.03. The average Bonchev–Trinajstić information content (AvgIpc) is 2.96. The van der Waals surface area contributed by atoms with E-state index >= 15 is 0 Å². The summed E-state index contributed by atoms with van der Waals surface area (Å²) in [6.07, 6.45) is 2.72. The van der Waals surface area contributed by atoms with Crippen LogP contribution in [0.1, 0.15) is 17.8 Å². The summed E-state index contributed by atoms with van der Waals surface area (Å²) in [7, 11) is 1.55. The van der Waals surface area contributed by atoms with Crippen LogP contribution in [-0.2, 0) is 9.53 Å². The van der Waals surface area contributed by atoms with Crippen LogP contribution in [0.5, 0.6) is 0 Å². The molecule has 1 fully saturated rings. The fourth-order valence-electron chi connectivity index (χ4n) is 3.71. The number of carbonyl (C=O) groups is 1. The average molecular weight is 394 g/mol. The molecule has 152 valence electrons. The third kappa shape index (κ3) is 3.93. The van der Waals surface area contributed by atoms with Crippen LogP contribution in [0.4, 0.5) is 5.82 Å². The minimum absolute atomic E-state index is 0.0329. The molecule has 3 heterocycles. The van der Waals surface area contributed by atoms with Crippen LogP contribution in [0.25, 0.3) is 16.7 Å². The van der Waals surface area contributed by atoms with E-state index in [0.717, 1.165) is 48.6 Å². The Balaban J connectivity index is 1.66. The molecule has 3 aromatic rings. The predicted molar refractivity (Wildman–Crippen MR) is 111 cm³/mol. The number of aryl methyl sites for hydroxylation is 2. The van der Waals surface area contributed by atoms with Gasteiger partial charge in [0.15, 0.2) is 5.65 Å². The van der Waals surface area contributed by atoms with E-state index in [9.17, 15) is 4.79 Å². The number of methoxy groups -OCH3 is 1. The summed E-state index contributed by atoms with van der Waals surface area (Å²) in [4.78, 5) is 25.7. The highest BCUT2D eigenvalue weighted by Crippen LogP contribution is 2.26. The highest BCUT2D eigenvalue weighted by molar-refractivity contribution is 5.88. The molecule has 0 unspecified atom stereocenters. The number of ether oxygens (including phenoxy) is 1. The summed E-state index contributed by atoms with van der Waals surface area (Å²) >= 11 is 0. The van der Waals surface area contributed by atoms with Crippen molar-refractivity contribution in [2.24, 2.45) is 0 Å². The number of fused-ring (bicyclic) bond motifs is 1. The number of carbonyl (C=O) groups excluding carboxylic acids is 1. The largest absolute Gasteiger partial charge is 0.375 e. The molecule has 0 N–H and O–H groups in total. The summed E-state index contributed by atoms with van der Waals surface area (Å²) < 4.78 is 6.86. The van der Waals surface area contributed by atoms with E-state index in [2.05, 4.69) is 34.0 Å². The Hall–Kier alpha value is -3.00. The van der Waals surface area contributed by atoms with E-state index in [1.54, 1.807) is 7.11 Å². The van der Waals surface area contributed by atoms with Crippen LogP contribution < -0.4 is 4.90 Å². The van der Waals surface area contributed by atoms with Gasteiger partial charge < -0.3 is 14.5 Å². The molecule has 1 amide bonds. The lowest BCUT2D eigenvalue weighted by molar-refractivity contribution is -0.134. The van der Waals surface area contributed by atoms with Crippen LogP contribution in [0.3, 0.4) is 0 Å². The first-order valence-electron chi connectivity index (χ1n) is 9.88. The summed E-state index contributed by atoms with van der Waals surface area (Å²) in [6, 6.07) is 8.23. The van der Waals surface area contributed by atoms with Crippen molar-refractivity contribution in [2.75, 3.05) is 44.8 Å². The van der Waals surface area contributed by atoms with Gasteiger partial charge in [0, 0.05) is 33.3 Å². The van der Waals surface area contributed by atoms with Crippen molar-refractivity contribution in [3.8, 4) is 5.69 Å². The van der Waals surface area contributed by atoms with Gasteiger partial charge in [-0.05, 0) is 32.4 Å². The minimum Gasteiger partial charge on any atom is -0.375 e. The van der Waals surface area contributed by atoms with Crippen molar-refractivity contribution in [2.45, 2.75) is 20.3 Å². The lowest BCUT2D eigenvalue weighted by Crippen LogP contribution is -2.37. The third-order valence-corrected chi connectivity index (χ3v) is 5.21. The Morgan fingerprint density at radius 3 is 2.62 bits per heavy atom. The van der Waals surface area contributed by atoms with Crippen molar-refractivity contribution in [1.82, 2.24) is 24.6 Å². The SMILES string of the molecule is COCC(=O)N1CCCN(c2nc(C)nc3c2cnn3-c2ccc(C)cc2)CC1.